The van der Waals surface area contributed by atoms with Crippen molar-refractivity contribution >= 4 is 28.2 Å². The van der Waals surface area contributed by atoms with Crippen LogP contribution in [0.4, 0.5) is 10.9 Å². The summed E-state index contributed by atoms with van der Waals surface area (Å²) in [6.07, 6.45) is 3.82. The first kappa shape index (κ1) is 15.8. The molecule has 1 amide bonds. The van der Waals surface area contributed by atoms with Gasteiger partial charge < -0.3 is 4.90 Å². The lowest BCUT2D eigenvalue weighted by Crippen LogP contribution is -2.48. The first-order valence-electron chi connectivity index (χ1n) is 7.51. The first-order chi connectivity index (χ1) is 11.2. The van der Waals surface area contributed by atoms with E-state index in [0.717, 1.165) is 31.7 Å². The molecule has 1 N–H and O–H groups in total. The summed E-state index contributed by atoms with van der Waals surface area (Å²) in [4.78, 5) is 16.4. The predicted molar refractivity (Wildman–Crippen MR) is 88.4 cm³/mol. The average molecular weight is 333 g/mol. The number of hydrogen-bond donors (Lipinski definition) is 1. The van der Waals surface area contributed by atoms with Crippen LogP contribution in [0, 0.1) is 0 Å². The normalized spacial score (nSPS) is 18.2. The maximum absolute atomic E-state index is 12.1. The Hall–Kier alpha value is -2.13. The minimum absolute atomic E-state index is 0.0686. The Morgan fingerprint density at radius 3 is 3.13 bits per heavy atom. The van der Waals surface area contributed by atoms with Crippen LogP contribution < -0.4 is 10.2 Å². The lowest BCUT2D eigenvalue weighted by Gasteiger charge is -2.37. The van der Waals surface area contributed by atoms with E-state index in [2.05, 4.69) is 35.5 Å². The number of amides is 1. The van der Waals surface area contributed by atoms with Crippen LogP contribution in [-0.4, -0.2) is 63.9 Å². The standard InChI is InChI=1S/C14H19N7OS/c1-20(9-13(22)17-14-19-16-10-23-14)11-4-3-7-21(8-11)12-5-2-6-15-18-12/h2,5-6,10-11H,3-4,7-9H2,1H3,(H,17,19,22). The van der Waals surface area contributed by atoms with Crippen LogP contribution in [0.15, 0.2) is 23.8 Å². The maximum Gasteiger partial charge on any atom is 0.240 e. The molecule has 2 aromatic heterocycles. The molecule has 1 atom stereocenters. The molecular formula is C14H19N7OS. The second-order valence-corrected chi connectivity index (χ2v) is 6.36. The summed E-state index contributed by atoms with van der Waals surface area (Å²) >= 11 is 1.32. The minimum atomic E-state index is -0.0686. The molecule has 3 rings (SSSR count). The molecule has 0 radical (unpaired) electrons. The second kappa shape index (κ2) is 7.42. The van der Waals surface area contributed by atoms with Crippen molar-refractivity contribution < 1.29 is 4.79 Å². The molecule has 1 unspecified atom stereocenters. The number of carbonyl (C=O) groups is 1. The van der Waals surface area contributed by atoms with E-state index in [1.165, 1.54) is 11.3 Å². The summed E-state index contributed by atoms with van der Waals surface area (Å²) in [5.41, 5.74) is 1.60. The molecule has 8 nitrogen and oxygen atoms in total. The molecule has 1 aliphatic heterocycles. The Balaban J connectivity index is 1.54. The number of hydrogen-bond acceptors (Lipinski definition) is 8. The lowest BCUT2D eigenvalue weighted by atomic mass is 10.0. The summed E-state index contributed by atoms with van der Waals surface area (Å²) in [6.45, 7) is 2.15. The van der Waals surface area contributed by atoms with E-state index < -0.39 is 0 Å². The monoisotopic (exact) mass is 333 g/mol. The van der Waals surface area contributed by atoms with Gasteiger partial charge in [0.2, 0.25) is 11.0 Å². The first-order valence-corrected chi connectivity index (χ1v) is 8.39. The third kappa shape index (κ3) is 4.20. The van der Waals surface area contributed by atoms with Gasteiger partial charge in [0.25, 0.3) is 0 Å². The smallest absolute Gasteiger partial charge is 0.240 e. The van der Waals surface area contributed by atoms with Crippen LogP contribution in [0.2, 0.25) is 0 Å². The predicted octanol–water partition coefficient (Wildman–Crippen LogP) is 0.867. The Labute approximate surface area is 138 Å². The summed E-state index contributed by atoms with van der Waals surface area (Å²) in [5, 5.41) is 18.9. The highest BCUT2D eigenvalue weighted by atomic mass is 32.1. The van der Waals surface area contributed by atoms with Crippen molar-refractivity contribution in [2.24, 2.45) is 0 Å². The van der Waals surface area contributed by atoms with Crippen LogP contribution in [-0.2, 0) is 4.79 Å². The quantitative estimate of drug-likeness (QED) is 0.868. The molecular weight excluding hydrogens is 314 g/mol. The van der Waals surface area contributed by atoms with Crippen molar-refractivity contribution in [3.8, 4) is 0 Å². The van der Waals surface area contributed by atoms with Gasteiger partial charge in [0.15, 0.2) is 5.82 Å². The second-order valence-electron chi connectivity index (χ2n) is 5.53. The van der Waals surface area contributed by atoms with Gasteiger partial charge in [-0.1, -0.05) is 11.3 Å². The molecule has 0 bridgehead atoms. The van der Waals surface area contributed by atoms with Gasteiger partial charge in [-0.2, -0.15) is 5.10 Å². The summed E-state index contributed by atoms with van der Waals surface area (Å²) in [5.74, 6) is 0.824. The summed E-state index contributed by atoms with van der Waals surface area (Å²) < 4.78 is 0. The molecule has 122 valence electrons. The molecule has 2 aromatic rings. The number of nitrogens with zero attached hydrogens (tertiary/aromatic N) is 6. The van der Waals surface area contributed by atoms with E-state index in [1.54, 1.807) is 11.7 Å². The van der Waals surface area contributed by atoms with Gasteiger partial charge in [-0.3, -0.25) is 15.0 Å². The largest absolute Gasteiger partial charge is 0.354 e. The molecule has 3 heterocycles. The van der Waals surface area contributed by atoms with E-state index in [-0.39, 0.29) is 5.91 Å². The fourth-order valence-electron chi connectivity index (χ4n) is 2.73. The fraction of sp³-hybridized carbons (Fsp3) is 0.500. The molecule has 0 saturated carbocycles. The Morgan fingerprint density at radius 1 is 1.48 bits per heavy atom. The third-order valence-corrected chi connectivity index (χ3v) is 4.51. The number of nitrogens with one attached hydrogen (secondary N) is 1. The zero-order valence-electron chi connectivity index (χ0n) is 12.9. The van der Waals surface area contributed by atoms with E-state index in [9.17, 15) is 4.79 Å². The van der Waals surface area contributed by atoms with Crippen LogP contribution in [0.1, 0.15) is 12.8 Å². The van der Waals surface area contributed by atoms with Gasteiger partial charge in [0, 0.05) is 25.3 Å². The van der Waals surface area contributed by atoms with Crippen LogP contribution in [0.5, 0.6) is 0 Å². The number of aromatic nitrogens is 4. The average Bonchev–Trinajstić information content (AvgIpc) is 3.08. The summed E-state index contributed by atoms with van der Waals surface area (Å²) in [7, 11) is 1.98. The van der Waals surface area contributed by atoms with E-state index in [0.29, 0.717) is 17.7 Å². The maximum atomic E-state index is 12.1. The number of anilines is 2. The van der Waals surface area contributed by atoms with E-state index >= 15 is 0 Å². The van der Waals surface area contributed by atoms with Crippen LogP contribution in [0.3, 0.4) is 0 Å². The zero-order chi connectivity index (χ0) is 16.1. The van der Waals surface area contributed by atoms with Crippen molar-refractivity contribution in [1.82, 2.24) is 25.3 Å². The Morgan fingerprint density at radius 2 is 2.39 bits per heavy atom. The molecule has 1 saturated heterocycles. The van der Waals surface area contributed by atoms with Crippen molar-refractivity contribution in [3.63, 3.8) is 0 Å². The van der Waals surface area contributed by atoms with Gasteiger partial charge in [0.1, 0.15) is 5.51 Å². The number of likely N-dealkylation sites (N-methyl/N-ethyl adjacent to an activating group) is 1. The van der Waals surface area contributed by atoms with Gasteiger partial charge in [-0.05, 0) is 32.0 Å². The fourth-order valence-corrected chi connectivity index (χ4v) is 3.19. The zero-order valence-corrected chi connectivity index (χ0v) is 13.7. The van der Waals surface area contributed by atoms with Crippen LogP contribution >= 0.6 is 11.3 Å². The summed E-state index contributed by atoms with van der Waals surface area (Å²) in [6, 6.07) is 4.17. The van der Waals surface area contributed by atoms with Gasteiger partial charge in [-0.25, -0.2) is 0 Å². The van der Waals surface area contributed by atoms with Gasteiger partial charge in [-0.15, -0.1) is 15.3 Å². The van der Waals surface area contributed by atoms with Crippen LogP contribution in [0.25, 0.3) is 0 Å². The third-order valence-electron chi connectivity index (χ3n) is 3.90. The number of rotatable bonds is 5. The lowest BCUT2D eigenvalue weighted by molar-refractivity contribution is -0.117. The van der Waals surface area contributed by atoms with Crippen molar-refractivity contribution in [1.29, 1.82) is 0 Å². The SMILES string of the molecule is CN(CC(=O)Nc1nncs1)C1CCCN(c2cccnn2)C1. The Kier molecular flexibility index (Phi) is 5.09. The molecule has 1 aliphatic rings. The molecule has 0 aliphatic carbocycles. The molecule has 9 heteroatoms. The van der Waals surface area contributed by atoms with E-state index in [1.807, 2.05) is 19.2 Å². The van der Waals surface area contributed by atoms with Crippen molar-refractivity contribution in [2.75, 3.05) is 36.9 Å². The number of piperidine rings is 1. The number of carbonyl (C=O) groups excluding carboxylic acids is 1. The van der Waals surface area contributed by atoms with Gasteiger partial charge >= 0.3 is 0 Å². The highest BCUT2D eigenvalue weighted by Crippen LogP contribution is 2.19. The molecule has 0 aromatic carbocycles. The highest BCUT2D eigenvalue weighted by molar-refractivity contribution is 7.13. The highest BCUT2D eigenvalue weighted by Gasteiger charge is 2.25. The van der Waals surface area contributed by atoms with E-state index in [4.69, 9.17) is 0 Å². The van der Waals surface area contributed by atoms with Crippen molar-refractivity contribution in [3.05, 3.63) is 23.8 Å². The molecule has 0 spiro atoms. The van der Waals surface area contributed by atoms with Crippen molar-refractivity contribution in [2.45, 2.75) is 18.9 Å². The molecule has 23 heavy (non-hydrogen) atoms. The minimum Gasteiger partial charge on any atom is -0.354 e. The van der Waals surface area contributed by atoms with Gasteiger partial charge in [0.05, 0.1) is 6.54 Å². The Bertz CT molecular complexity index is 621. The molecule has 1 fully saturated rings. The topological polar surface area (TPSA) is 87.1 Å².